The topological polar surface area (TPSA) is 70.7 Å². The molecule has 3 aromatic rings. The van der Waals surface area contributed by atoms with E-state index < -0.39 is 0 Å². The van der Waals surface area contributed by atoms with E-state index in [9.17, 15) is 4.79 Å². The molecule has 5 heteroatoms. The maximum atomic E-state index is 12.3. The molecule has 2 aromatic carbocycles. The molecule has 0 saturated heterocycles. The van der Waals surface area contributed by atoms with Crippen LogP contribution in [0.2, 0.25) is 0 Å². The lowest BCUT2D eigenvalue weighted by molar-refractivity contribution is 0.873. The minimum Gasteiger partial charge on any atom is -0.324 e. The first-order valence-electron chi connectivity index (χ1n) is 7.87. The average Bonchev–Trinajstić information content (AvgIpc) is 2.55. The van der Waals surface area contributed by atoms with Gasteiger partial charge in [-0.15, -0.1) is 10.2 Å². The quantitative estimate of drug-likeness (QED) is 0.772. The molecule has 0 saturated carbocycles. The Bertz CT molecular complexity index is 913. The molecule has 0 unspecified atom stereocenters. The third kappa shape index (κ3) is 3.68. The van der Waals surface area contributed by atoms with Crippen LogP contribution in [0.3, 0.4) is 0 Å². The number of aromatic nitrogens is 3. The Labute approximate surface area is 140 Å². The molecule has 0 atom stereocenters. The lowest BCUT2D eigenvalue weighted by atomic mass is 10.1. The molecule has 2 N–H and O–H groups in total. The highest BCUT2D eigenvalue weighted by atomic mass is 16.1. The van der Waals surface area contributed by atoms with Gasteiger partial charge in [0.1, 0.15) is 5.69 Å². The summed E-state index contributed by atoms with van der Waals surface area (Å²) >= 11 is 0. The number of anilines is 2. The van der Waals surface area contributed by atoms with E-state index in [-0.39, 0.29) is 5.56 Å². The van der Waals surface area contributed by atoms with Crippen molar-refractivity contribution in [2.45, 2.75) is 27.2 Å². The Hall–Kier alpha value is -2.95. The second-order valence-electron chi connectivity index (χ2n) is 6.06. The molecule has 1 aromatic heterocycles. The second kappa shape index (κ2) is 6.66. The predicted molar refractivity (Wildman–Crippen MR) is 95.8 cm³/mol. The number of aromatic amines is 1. The molecule has 0 aliphatic heterocycles. The zero-order valence-corrected chi connectivity index (χ0v) is 14.1. The van der Waals surface area contributed by atoms with Gasteiger partial charge in [-0.25, -0.2) is 0 Å². The van der Waals surface area contributed by atoms with Crippen LogP contribution < -0.4 is 10.9 Å². The van der Waals surface area contributed by atoms with Crippen molar-refractivity contribution < 1.29 is 0 Å². The summed E-state index contributed by atoms with van der Waals surface area (Å²) in [5, 5.41) is 11.3. The normalized spacial score (nSPS) is 10.6. The number of nitrogens with zero attached hydrogens (tertiary/aromatic N) is 2. The lowest BCUT2D eigenvalue weighted by Crippen LogP contribution is -2.19. The van der Waals surface area contributed by atoms with Crippen LogP contribution in [0, 0.1) is 20.8 Å². The lowest BCUT2D eigenvalue weighted by Gasteiger charge is -2.09. The molecule has 122 valence electrons. The summed E-state index contributed by atoms with van der Waals surface area (Å²) in [4.78, 5) is 15.0. The Kier molecular flexibility index (Phi) is 4.42. The third-order valence-corrected chi connectivity index (χ3v) is 3.90. The van der Waals surface area contributed by atoms with E-state index in [2.05, 4.69) is 20.5 Å². The highest BCUT2D eigenvalue weighted by Crippen LogP contribution is 2.18. The Morgan fingerprint density at radius 1 is 0.958 bits per heavy atom. The Morgan fingerprint density at radius 3 is 2.38 bits per heavy atom. The first-order valence-corrected chi connectivity index (χ1v) is 7.87. The van der Waals surface area contributed by atoms with Crippen LogP contribution in [-0.4, -0.2) is 15.2 Å². The van der Waals surface area contributed by atoms with Gasteiger partial charge in [0.25, 0.3) is 5.56 Å². The number of nitrogens with one attached hydrogen (secondary N) is 2. The number of rotatable bonds is 4. The van der Waals surface area contributed by atoms with Crippen LogP contribution in [0.1, 0.15) is 27.9 Å². The summed E-state index contributed by atoms with van der Waals surface area (Å²) in [6.07, 6.45) is 0.465. The fraction of sp³-hybridized carbons (Fsp3) is 0.211. The molecule has 0 spiro atoms. The molecule has 0 radical (unpaired) electrons. The van der Waals surface area contributed by atoms with Crippen molar-refractivity contribution in [3.8, 4) is 0 Å². The van der Waals surface area contributed by atoms with E-state index in [0.29, 0.717) is 18.1 Å². The number of H-pyrrole nitrogens is 1. The van der Waals surface area contributed by atoms with E-state index in [4.69, 9.17) is 0 Å². The van der Waals surface area contributed by atoms with Crippen LogP contribution >= 0.6 is 0 Å². The first kappa shape index (κ1) is 15.9. The monoisotopic (exact) mass is 320 g/mol. The minimum atomic E-state index is -0.224. The van der Waals surface area contributed by atoms with Crippen molar-refractivity contribution in [2.24, 2.45) is 0 Å². The van der Waals surface area contributed by atoms with Gasteiger partial charge < -0.3 is 5.32 Å². The zero-order chi connectivity index (χ0) is 17.1. The molecule has 3 rings (SSSR count). The van der Waals surface area contributed by atoms with Gasteiger partial charge in [-0.05, 0) is 43.5 Å². The average molecular weight is 320 g/mol. The van der Waals surface area contributed by atoms with Crippen LogP contribution in [0.25, 0.3) is 0 Å². The van der Waals surface area contributed by atoms with E-state index in [1.165, 1.54) is 5.56 Å². The summed E-state index contributed by atoms with van der Waals surface area (Å²) in [5.74, 6) is 0.348. The summed E-state index contributed by atoms with van der Waals surface area (Å²) in [6.45, 7) is 6.05. The fourth-order valence-corrected chi connectivity index (χ4v) is 2.43. The van der Waals surface area contributed by atoms with Crippen molar-refractivity contribution in [3.63, 3.8) is 0 Å². The van der Waals surface area contributed by atoms with E-state index in [1.54, 1.807) is 0 Å². The maximum absolute atomic E-state index is 12.3. The van der Waals surface area contributed by atoms with E-state index in [0.717, 1.165) is 22.4 Å². The van der Waals surface area contributed by atoms with Gasteiger partial charge in [-0.2, -0.15) is 0 Å². The number of hydrogen-bond acceptors (Lipinski definition) is 4. The van der Waals surface area contributed by atoms with Gasteiger partial charge in [0, 0.05) is 12.1 Å². The summed E-state index contributed by atoms with van der Waals surface area (Å²) < 4.78 is 0. The predicted octanol–water partition coefficient (Wildman–Crippen LogP) is 3.42. The van der Waals surface area contributed by atoms with Crippen molar-refractivity contribution in [2.75, 3.05) is 5.32 Å². The molecule has 0 aliphatic carbocycles. The van der Waals surface area contributed by atoms with Crippen LogP contribution in [-0.2, 0) is 6.42 Å². The minimum absolute atomic E-state index is 0.224. The zero-order valence-electron chi connectivity index (χ0n) is 14.1. The SMILES string of the molecule is Cc1ccc(Cc2nnc(Nc3cc(C)ccc3C)[nH]c2=O)cc1. The molecular weight excluding hydrogens is 300 g/mol. The smallest absolute Gasteiger partial charge is 0.274 e. The number of benzene rings is 2. The molecule has 0 aliphatic rings. The molecule has 5 nitrogen and oxygen atoms in total. The molecule has 0 amide bonds. The number of aryl methyl sites for hydroxylation is 3. The molecular formula is C19H20N4O. The Morgan fingerprint density at radius 2 is 1.67 bits per heavy atom. The highest BCUT2D eigenvalue weighted by molar-refractivity contribution is 5.58. The van der Waals surface area contributed by atoms with Gasteiger partial charge in [0.2, 0.25) is 5.95 Å². The summed E-state index contributed by atoms with van der Waals surface area (Å²) in [5.41, 5.74) is 5.53. The summed E-state index contributed by atoms with van der Waals surface area (Å²) in [7, 11) is 0. The first-order chi connectivity index (χ1) is 11.5. The molecule has 1 heterocycles. The van der Waals surface area contributed by atoms with Crippen molar-refractivity contribution in [1.29, 1.82) is 0 Å². The summed E-state index contributed by atoms with van der Waals surface area (Å²) in [6, 6.07) is 14.1. The highest BCUT2D eigenvalue weighted by Gasteiger charge is 2.07. The third-order valence-electron chi connectivity index (χ3n) is 3.90. The van der Waals surface area contributed by atoms with Gasteiger partial charge in [0.15, 0.2) is 0 Å². The fourth-order valence-electron chi connectivity index (χ4n) is 2.43. The number of hydrogen-bond donors (Lipinski definition) is 2. The standard InChI is InChI=1S/C19H20N4O/c1-12-5-8-15(9-6-12)11-17-18(24)21-19(23-22-17)20-16-10-13(2)4-7-14(16)3/h4-10H,11H2,1-3H3,(H2,20,21,23,24). The van der Waals surface area contributed by atoms with E-state index in [1.807, 2.05) is 63.2 Å². The van der Waals surface area contributed by atoms with Crippen molar-refractivity contribution in [3.05, 3.63) is 80.8 Å². The van der Waals surface area contributed by atoms with Gasteiger partial charge in [-0.3, -0.25) is 9.78 Å². The largest absolute Gasteiger partial charge is 0.324 e. The van der Waals surface area contributed by atoms with Crippen LogP contribution in [0.5, 0.6) is 0 Å². The van der Waals surface area contributed by atoms with Crippen LogP contribution in [0.15, 0.2) is 47.3 Å². The van der Waals surface area contributed by atoms with Gasteiger partial charge in [-0.1, -0.05) is 42.0 Å². The van der Waals surface area contributed by atoms with Gasteiger partial charge >= 0.3 is 0 Å². The second-order valence-corrected chi connectivity index (χ2v) is 6.06. The molecule has 0 bridgehead atoms. The van der Waals surface area contributed by atoms with E-state index >= 15 is 0 Å². The Balaban J connectivity index is 1.80. The van der Waals surface area contributed by atoms with Crippen LogP contribution in [0.4, 0.5) is 11.6 Å². The van der Waals surface area contributed by atoms with Crippen molar-refractivity contribution in [1.82, 2.24) is 15.2 Å². The molecule has 24 heavy (non-hydrogen) atoms. The van der Waals surface area contributed by atoms with Crippen molar-refractivity contribution >= 4 is 11.6 Å². The maximum Gasteiger partial charge on any atom is 0.274 e. The molecule has 0 fully saturated rings. The van der Waals surface area contributed by atoms with Gasteiger partial charge in [0.05, 0.1) is 0 Å².